The van der Waals surface area contributed by atoms with E-state index in [0.717, 1.165) is 44.6 Å². The number of rotatable bonds is 7. The first-order valence-electron chi connectivity index (χ1n) is 21.7. The van der Waals surface area contributed by atoms with Gasteiger partial charge in [-0.15, -0.1) is 0 Å². The zero-order valence-corrected chi connectivity index (χ0v) is 34.5. The molecule has 1 heterocycles. The van der Waals surface area contributed by atoms with E-state index in [4.69, 9.17) is 9.97 Å². The van der Waals surface area contributed by atoms with Crippen LogP contribution in [0.15, 0.2) is 243 Å². The Morgan fingerprint density at radius 3 is 1.51 bits per heavy atom. The van der Waals surface area contributed by atoms with Gasteiger partial charge in [0.05, 0.1) is 16.8 Å². The van der Waals surface area contributed by atoms with Crippen LogP contribution in [0.3, 0.4) is 0 Å². The van der Waals surface area contributed by atoms with Crippen molar-refractivity contribution in [3.63, 3.8) is 0 Å². The highest BCUT2D eigenvalue weighted by Gasteiger charge is 2.47. The molecule has 294 valence electrons. The van der Waals surface area contributed by atoms with Crippen LogP contribution in [0, 0.1) is 0 Å². The Hall–Kier alpha value is -8.20. The van der Waals surface area contributed by atoms with Gasteiger partial charge in [0.2, 0.25) is 0 Å². The van der Waals surface area contributed by atoms with Gasteiger partial charge < -0.3 is 0 Å². The van der Waals surface area contributed by atoms with Gasteiger partial charge in [-0.05, 0) is 89.3 Å². The van der Waals surface area contributed by atoms with Crippen LogP contribution >= 0.6 is 0 Å². The third-order valence-electron chi connectivity index (χ3n) is 13.0. The minimum absolute atomic E-state index is 0.532. The average Bonchev–Trinajstić information content (AvgIpc) is 3.68. The molecule has 0 saturated heterocycles. The highest BCUT2D eigenvalue weighted by atomic mass is 14.9. The summed E-state index contributed by atoms with van der Waals surface area (Å²) in [5.41, 5.74) is 16.7. The minimum atomic E-state index is -0.532. The fraction of sp³-hybridized carbons (Fsp3) is 0.0164. The molecule has 0 saturated carbocycles. The molecule has 0 spiro atoms. The smallest absolute Gasteiger partial charge is 0.160 e. The Labute approximate surface area is 367 Å². The number of hydrogen-bond donors (Lipinski definition) is 0. The van der Waals surface area contributed by atoms with Crippen molar-refractivity contribution in [1.29, 1.82) is 0 Å². The molecular formula is C61H40N2. The molecule has 0 atom stereocenters. The Morgan fingerprint density at radius 2 is 0.794 bits per heavy atom. The molecule has 0 bridgehead atoms. The van der Waals surface area contributed by atoms with Gasteiger partial charge in [-0.25, -0.2) is 9.97 Å². The van der Waals surface area contributed by atoms with E-state index < -0.39 is 5.41 Å². The predicted molar refractivity (Wildman–Crippen MR) is 262 cm³/mol. The summed E-state index contributed by atoms with van der Waals surface area (Å²) >= 11 is 0. The lowest BCUT2D eigenvalue weighted by Crippen LogP contribution is -2.29. The zero-order valence-electron chi connectivity index (χ0n) is 34.5. The monoisotopic (exact) mass is 800 g/mol. The fourth-order valence-corrected chi connectivity index (χ4v) is 10.2. The molecule has 1 aliphatic carbocycles. The summed E-state index contributed by atoms with van der Waals surface area (Å²) < 4.78 is 0. The lowest BCUT2D eigenvalue weighted by Gasteiger charge is -2.35. The summed E-state index contributed by atoms with van der Waals surface area (Å²) in [5, 5.41) is 4.75. The minimum Gasteiger partial charge on any atom is -0.228 e. The molecule has 1 aliphatic rings. The largest absolute Gasteiger partial charge is 0.228 e. The van der Waals surface area contributed by atoms with E-state index in [-0.39, 0.29) is 0 Å². The van der Waals surface area contributed by atoms with Crippen LogP contribution in [0.5, 0.6) is 0 Å². The number of hydrogen-bond acceptors (Lipinski definition) is 2. The van der Waals surface area contributed by atoms with Crippen LogP contribution in [0.4, 0.5) is 0 Å². The van der Waals surface area contributed by atoms with Crippen LogP contribution in [-0.4, -0.2) is 9.97 Å². The van der Waals surface area contributed by atoms with Crippen molar-refractivity contribution in [3.05, 3.63) is 265 Å². The standard InChI is InChI=1S/C61H40N2/c1-4-20-42(21-5-1)60-62-57(52-31-15-12-27-47(52)44-36-35-41-19-10-11-22-43(41)39-44)40-58(63-60)53-38-37-50(48-28-13-14-29-49(48)53)54-32-18-33-55-51-30-16-17-34-56(51)61(59(54)55,45-23-6-2-7-24-45)46-25-8-3-9-26-46/h1-40H. The number of aromatic nitrogens is 2. The van der Waals surface area contributed by atoms with Crippen molar-refractivity contribution in [2.24, 2.45) is 0 Å². The van der Waals surface area contributed by atoms with Crippen molar-refractivity contribution in [1.82, 2.24) is 9.97 Å². The molecule has 0 fully saturated rings. The highest BCUT2D eigenvalue weighted by Crippen LogP contribution is 2.59. The van der Waals surface area contributed by atoms with Gasteiger partial charge >= 0.3 is 0 Å². The topological polar surface area (TPSA) is 25.8 Å². The molecule has 0 aliphatic heterocycles. The summed E-state index contributed by atoms with van der Waals surface area (Å²) in [6.07, 6.45) is 0. The highest BCUT2D eigenvalue weighted by molar-refractivity contribution is 6.07. The third-order valence-corrected chi connectivity index (χ3v) is 13.0. The fourth-order valence-electron chi connectivity index (χ4n) is 10.2. The van der Waals surface area contributed by atoms with Crippen LogP contribution in [-0.2, 0) is 5.41 Å². The van der Waals surface area contributed by atoms with E-state index >= 15 is 0 Å². The zero-order chi connectivity index (χ0) is 41.7. The molecule has 2 heteroatoms. The maximum absolute atomic E-state index is 5.37. The van der Waals surface area contributed by atoms with Gasteiger partial charge in [0.25, 0.3) is 0 Å². The first-order chi connectivity index (χ1) is 31.3. The molecule has 10 aromatic carbocycles. The summed E-state index contributed by atoms with van der Waals surface area (Å²) in [6.45, 7) is 0. The van der Waals surface area contributed by atoms with Crippen LogP contribution < -0.4 is 0 Å². The second-order valence-electron chi connectivity index (χ2n) is 16.4. The maximum Gasteiger partial charge on any atom is 0.160 e. The van der Waals surface area contributed by atoms with Crippen molar-refractivity contribution < 1.29 is 0 Å². The van der Waals surface area contributed by atoms with E-state index in [1.807, 2.05) is 6.07 Å². The van der Waals surface area contributed by atoms with Gasteiger partial charge in [0.15, 0.2) is 5.82 Å². The number of fused-ring (bicyclic) bond motifs is 5. The molecule has 0 amide bonds. The molecule has 63 heavy (non-hydrogen) atoms. The second-order valence-corrected chi connectivity index (χ2v) is 16.4. The lowest BCUT2D eigenvalue weighted by molar-refractivity contribution is 0.770. The molecule has 1 aromatic heterocycles. The maximum atomic E-state index is 5.37. The third kappa shape index (κ3) is 5.95. The lowest BCUT2D eigenvalue weighted by atomic mass is 9.66. The van der Waals surface area contributed by atoms with Gasteiger partial charge in [-0.3, -0.25) is 0 Å². The van der Waals surface area contributed by atoms with Crippen molar-refractivity contribution >= 4 is 21.5 Å². The van der Waals surface area contributed by atoms with Crippen LogP contribution in [0.25, 0.3) is 88.8 Å². The summed E-state index contributed by atoms with van der Waals surface area (Å²) in [6, 6.07) is 87.8. The van der Waals surface area contributed by atoms with E-state index in [2.05, 4.69) is 237 Å². The van der Waals surface area contributed by atoms with Gasteiger partial charge in [-0.2, -0.15) is 0 Å². The summed E-state index contributed by atoms with van der Waals surface area (Å²) in [4.78, 5) is 10.7. The number of nitrogens with zero attached hydrogens (tertiary/aromatic N) is 2. The summed E-state index contributed by atoms with van der Waals surface area (Å²) in [5.74, 6) is 0.693. The van der Waals surface area contributed by atoms with E-state index in [1.165, 1.54) is 60.7 Å². The van der Waals surface area contributed by atoms with Crippen LogP contribution in [0.1, 0.15) is 22.3 Å². The SMILES string of the molecule is c1ccc(-c2nc(-c3ccccc3-c3ccc4ccccc4c3)cc(-c3ccc(-c4cccc5c4C(c4ccccc4)(c4ccccc4)c4ccccc4-5)c4ccccc34)n2)cc1. The Morgan fingerprint density at radius 1 is 0.286 bits per heavy atom. The molecule has 0 N–H and O–H groups in total. The quantitative estimate of drug-likeness (QED) is 0.160. The van der Waals surface area contributed by atoms with E-state index in [9.17, 15) is 0 Å². The molecule has 12 rings (SSSR count). The average molecular weight is 801 g/mol. The van der Waals surface area contributed by atoms with Gasteiger partial charge in [0.1, 0.15) is 0 Å². The van der Waals surface area contributed by atoms with Gasteiger partial charge in [-0.1, -0.05) is 231 Å². The normalized spacial score (nSPS) is 12.6. The molecular weight excluding hydrogens is 761 g/mol. The summed E-state index contributed by atoms with van der Waals surface area (Å²) in [7, 11) is 0. The molecule has 11 aromatic rings. The Kier molecular flexibility index (Phi) is 8.76. The number of benzene rings is 10. The Bertz CT molecular complexity index is 3460. The second kappa shape index (κ2) is 15.1. The first-order valence-corrected chi connectivity index (χ1v) is 21.7. The van der Waals surface area contributed by atoms with Crippen molar-refractivity contribution in [3.8, 4) is 67.3 Å². The molecule has 0 radical (unpaired) electrons. The van der Waals surface area contributed by atoms with Crippen molar-refractivity contribution in [2.45, 2.75) is 5.41 Å². The van der Waals surface area contributed by atoms with E-state index in [0.29, 0.717) is 5.82 Å². The first kappa shape index (κ1) is 36.6. The van der Waals surface area contributed by atoms with E-state index in [1.54, 1.807) is 0 Å². The molecule has 0 unspecified atom stereocenters. The van der Waals surface area contributed by atoms with Gasteiger partial charge in [0, 0.05) is 16.7 Å². The molecule has 2 nitrogen and oxygen atoms in total. The Balaban J connectivity index is 1.08. The van der Waals surface area contributed by atoms with Crippen LogP contribution in [0.2, 0.25) is 0 Å². The van der Waals surface area contributed by atoms with Crippen molar-refractivity contribution in [2.75, 3.05) is 0 Å². The predicted octanol–water partition coefficient (Wildman–Crippen LogP) is 15.5.